The summed E-state index contributed by atoms with van der Waals surface area (Å²) >= 11 is 0. The van der Waals surface area contributed by atoms with Gasteiger partial charge in [-0.3, -0.25) is 19.7 Å². The summed E-state index contributed by atoms with van der Waals surface area (Å²) in [5.74, 6) is -1.26. The maximum absolute atomic E-state index is 12.6. The summed E-state index contributed by atoms with van der Waals surface area (Å²) in [7, 11) is 0. The number of nitro groups is 1. The quantitative estimate of drug-likeness (QED) is 0.400. The number of non-ortho nitro benzene ring substituents is 1. The van der Waals surface area contributed by atoms with E-state index in [1.807, 2.05) is 24.3 Å². The summed E-state index contributed by atoms with van der Waals surface area (Å²) < 4.78 is 0. The van der Waals surface area contributed by atoms with Gasteiger partial charge in [0.05, 0.1) is 11.1 Å². The van der Waals surface area contributed by atoms with Crippen molar-refractivity contribution in [3.63, 3.8) is 0 Å². The molecule has 0 aromatic heterocycles. The Balaban J connectivity index is 2.03. The van der Waals surface area contributed by atoms with E-state index in [0.717, 1.165) is 5.56 Å². The highest BCUT2D eigenvalue weighted by Crippen LogP contribution is 2.21. The summed E-state index contributed by atoms with van der Waals surface area (Å²) in [6.07, 6.45) is 1.53. The van der Waals surface area contributed by atoms with Crippen LogP contribution in [0.2, 0.25) is 0 Å². The van der Waals surface area contributed by atoms with E-state index in [1.54, 1.807) is 13.8 Å². The van der Waals surface area contributed by atoms with Crippen molar-refractivity contribution in [2.24, 2.45) is 11.0 Å². The molecule has 0 bridgehead atoms. The van der Waals surface area contributed by atoms with Gasteiger partial charge in [-0.1, -0.05) is 65.0 Å². The van der Waals surface area contributed by atoms with Gasteiger partial charge in [-0.25, -0.2) is 5.43 Å². The van der Waals surface area contributed by atoms with E-state index >= 15 is 0 Å². The number of hydrogen-bond acceptors (Lipinski definition) is 5. The number of carbonyl (C=O) groups is 2. The Kier molecular flexibility index (Phi) is 7.63. The second-order valence-corrected chi connectivity index (χ2v) is 8.61. The van der Waals surface area contributed by atoms with Crippen molar-refractivity contribution in [2.45, 2.75) is 46.1 Å². The first kappa shape index (κ1) is 23.7. The van der Waals surface area contributed by atoms with Crippen LogP contribution in [-0.2, 0) is 10.2 Å². The van der Waals surface area contributed by atoms with E-state index in [9.17, 15) is 19.7 Å². The second kappa shape index (κ2) is 9.97. The Hall–Kier alpha value is -3.55. The monoisotopic (exact) mass is 424 g/mol. The van der Waals surface area contributed by atoms with Crippen LogP contribution < -0.4 is 10.7 Å². The number of hydrogen-bond donors (Lipinski definition) is 2. The second-order valence-electron chi connectivity index (χ2n) is 8.61. The van der Waals surface area contributed by atoms with Crippen molar-refractivity contribution in [3.05, 3.63) is 75.3 Å². The molecule has 0 saturated heterocycles. The van der Waals surface area contributed by atoms with Gasteiger partial charge in [0.2, 0.25) is 0 Å². The molecule has 2 N–H and O–H groups in total. The third-order valence-corrected chi connectivity index (χ3v) is 4.72. The van der Waals surface area contributed by atoms with Gasteiger partial charge in [0, 0.05) is 17.7 Å². The Bertz CT molecular complexity index is 976. The average Bonchev–Trinajstić information content (AvgIpc) is 2.71. The molecule has 0 aliphatic carbocycles. The van der Waals surface area contributed by atoms with Crippen LogP contribution in [0.1, 0.15) is 56.1 Å². The van der Waals surface area contributed by atoms with Gasteiger partial charge in [0.25, 0.3) is 17.5 Å². The van der Waals surface area contributed by atoms with E-state index in [1.165, 1.54) is 36.0 Å². The topological polar surface area (TPSA) is 114 Å². The molecule has 0 radical (unpaired) electrons. The lowest BCUT2D eigenvalue weighted by molar-refractivity contribution is -0.384. The molecule has 164 valence electrons. The molecule has 0 heterocycles. The third-order valence-electron chi connectivity index (χ3n) is 4.72. The van der Waals surface area contributed by atoms with E-state index in [2.05, 4.69) is 36.6 Å². The molecular weight excluding hydrogens is 396 g/mol. The van der Waals surface area contributed by atoms with Crippen molar-refractivity contribution < 1.29 is 14.5 Å². The van der Waals surface area contributed by atoms with E-state index in [-0.39, 0.29) is 22.6 Å². The Morgan fingerprint density at radius 2 is 1.74 bits per heavy atom. The van der Waals surface area contributed by atoms with Crippen LogP contribution in [0.4, 0.5) is 5.69 Å². The maximum atomic E-state index is 12.6. The normalized spacial score (nSPS) is 12.6. The highest BCUT2D eigenvalue weighted by atomic mass is 16.6. The molecule has 8 heteroatoms. The summed E-state index contributed by atoms with van der Waals surface area (Å²) in [5, 5.41) is 17.5. The standard InChI is InChI=1S/C23H28N4O4/c1-15(2)20(25-21(28)17-7-6-8-19(13-17)27(30)31)22(29)26-24-14-16-9-11-18(12-10-16)23(3,4)5/h6-15,20H,1-5H3,(H,25,28)(H,26,29)/b24-14-/t20-/m0/s1. The van der Waals surface area contributed by atoms with Crippen LogP contribution in [0.5, 0.6) is 0 Å². The van der Waals surface area contributed by atoms with Crippen molar-refractivity contribution >= 4 is 23.7 Å². The van der Waals surface area contributed by atoms with Crippen LogP contribution in [0.15, 0.2) is 53.6 Å². The minimum absolute atomic E-state index is 0.0474. The molecular formula is C23H28N4O4. The number of nitrogens with one attached hydrogen (secondary N) is 2. The van der Waals surface area contributed by atoms with Crippen LogP contribution in [0.25, 0.3) is 0 Å². The lowest BCUT2D eigenvalue weighted by Crippen LogP contribution is -2.48. The zero-order chi connectivity index (χ0) is 23.2. The largest absolute Gasteiger partial charge is 0.340 e. The fourth-order valence-corrected chi connectivity index (χ4v) is 2.83. The molecule has 2 amide bonds. The smallest absolute Gasteiger partial charge is 0.270 e. The molecule has 0 unspecified atom stereocenters. The van der Waals surface area contributed by atoms with Gasteiger partial charge in [-0.2, -0.15) is 5.10 Å². The molecule has 2 rings (SSSR count). The van der Waals surface area contributed by atoms with E-state index in [4.69, 9.17) is 0 Å². The number of hydrazone groups is 1. The zero-order valence-corrected chi connectivity index (χ0v) is 18.4. The Labute approximate surface area is 181 Å². The highest BCUT2D eigenvalue weighted by molar-refractivity contribution is 5.98. The molecule has 0 spiro atoms. The van der Waals surface area contributed by atoms with Gasteiger partial charge < -0.3 is 5.32 Å². The SMILES string of the molecule is CC(C)[C@H](NC(=O)c1cccc([N+](=O)[O-])c1)C(=O)N/N=C\c1ccc(C(C)(C)C)cc1. The highest BCUT2D eigenvalue weighted by Gasteiger charge is 2.25. The molecule has 2 aromatic carbocycles. The van der Waals surface area contributed by atoms with Gasteiger partial charge >= 0.3 is 0 Å². The first-order chi connectivity index (χ1) is 14.5. The molecule has 0 aliphatic rings. The fraction of sp³-hybridized carbons (Fsp3) is 0.348. The van der Waals surface area contributed by atoms with Gasteiger partial charge in [0.15, 0.2) is 0 Å². The first-order valence-electron chi connectivity index (χ1n) is 9.98. The number of carbonyl (C=O) groups excluding carboxylic acids is 2. The Morgan fingerprint density at radius 1 is 1.10 bits per heavy atom. The number of nitro benzene ring substituents is 1. The predicted molar refractivity (Wildman–Crippen MR) is 120 cm³/mol. The van der Waals surface area contributed by atoms with Crippen molar-refractivity contribution in [1.29, 1.82) is 0 Å². The molecule has 0 aliphatic heterocycles. The maximum Gasteiger partial charge on any atom is 0.270 e. The van der Waals surface area contributed by atoms with Crippen LogP contribution in [0.3, 0.4) is 0 Å². The number of rotatable bonds is 7. The molecule has 0 fully saturated rings. The van der Waals surface area contributed by atoms with Crippen LogP contribution in [0, 0.1) is 16.0 Å². The molecule has 0 saturated carbocycles. The summed E-state index contributed by atoms with van der Waals surface area (Å²) in [5.41, 5.74) is 4.43. The van der Waals surface area contributed by atoms with Gasteiger partial charge in [0.1, 0.15) is 6.04 Å². The third kappa shape index (κ3) is 6.74. The van der Waals surface area contributed by atoms with Crippen molar-refractivity contribution in [1.82, 2.24) is 10.7 Å². The average molecular weight is 425 g/mol. The van der Waals surface area contributed by atoms with Crippen LogP contribution in [-0.4, -0.2) is 29.0 Å². The van der Waals surface area contributed by atoms with Gasteiger partial charge in [-0.15, -0.1) is 0 Å². The lowest BCUT2D eigenvalue weighted by Gasteiger charge is -2.20. The fourth-order valence-electron chi connectivity index (χ4n) is 2.83. The van der Waals surface area contributed by atoms with Crippen molar-refractivity contribution in [2.75, 3.05) is 0 Å². The Morgan fingerprint density at radius 3 is 2.29 bits per heavy atom. The minimum atomic E-state index is -0.854. The van der Waals surface area contributed by atoms with E-state index in [0.29, 0.717) is 0 Å². The summed E-state index contributed by atoms with van der Waals surface area (Å²) in [6, 6.07) is 12.4. The number of benzene rings is 2. The zero-order valence-electron chi connectivity index (χ0n) is 18.4. The molecule has 2 aromatic rings. The number of nitrogens with zero attached hydrogens (tertiary/aromatic N) is 2. The first-order valence-corrected chi connectivity index (χ1v) is 9.98. The van der Waals surface area contributed by atoms with Crippen LogP contribution >= 0.6 is 0 Å². The van der Waals surface area contributed by atoms with Crippen molar-refractivity contribution in [3.8, 4) is 0 Å². The summed E-state index contributed by atoms with van der Waals surface area (Å²) in [6.45, 7) is 9.96. The molecule has 8 nitrogen and oxygen atoms in total. The number of amides is 2. The minimum Gasteiger partial charge on any atom is -0.340 e. The lowest BCUT2D eigenvalue weighted by atomic mass is 9.87. The predicted octanol–water partition coefficient (Wildman–Crippen LogP) is 3.80. The molecule has 31 heavy (non-hydrogen) atoms. The van der Waals surface area contributed by atoms with Gasteiger partial charge in [-0.05, 0) is 28.5 Å². The molecule has 1 atom stereocenters. The van der Waals surface area contributed by atoms with E-state index < -0.39 is 22.8 Å². The summed E-state index contributed by atoms with van der Waals surface area (Å²) in [4.78, 5) is 35.4.